The minimum atomic E-state index is 0.259. The first-order valence-corrected chi connectivity index (χ1v) is 10.2. The predicted octanol–water partition coefficient (Wildman–Crippen LogP) is 3.49. The van der Waals surface area contributed by atoms with Crippen molar-refractivity contribution in [3.05, 3.63) is 61.3 Å². The number of hydrogen-bond acceptors (Lipinski definition) is 6. The molecule has 5 aromatic heterocycles. The summed E-state index contributed by atoms with van der Waals surface area (Å²) >= 11 is 0. The standard InChI is InChI=1S/C22H23N9/c1-14(2)31-12-16(10-27-31)15-7-18-19(11-26-21(18)25-9-15)20-8-17(28-22(23)29-20)3-5-30-6-4-24-13-30/h4,6-14H,3,5H2,1-2H3,(H,25,26)(H2,23,28,29). The van der Waals surface area contributed by atoms with E-state index in [1.165, 1.54) is 0 Å². The number of nitrogens with two attached hydrogens (primary N) is 1. The van der Waals surface area contributed by atoms with Crippen molar-refractivity contribution in [2.45, 2.75) is 32.9 Å². The lowest BCUT2D eigenvalue weighted by Gasteiger charge is -2.07. The van der Waals surface area contributed by atoms with E-state index in [1.54, 1.807) is 12.5 Å². The fourth-order valence-electron chi connectivity index (χ4n) is 3.59. The highest BCUT2D eigenvalue weighted by molar-refractivity contribution is 5.95. The van der Waals surface area contributed by atoms with Gasteiger partial charge in [0.15, 0.2) is 0 Å². The van der Waals surface area contributed by atoms with Crippen molar-refractivity contribution < 1.29 is 0 Å². The van der Waals surface area contributed by atoms with E-state index in [1.807, 2.05) is 46.3 Å². The molecular weight excluding hydrogens is 390 g/mol. The Morgan fingerprint density at radius 1 is 1.13 bits per heavy atom. The Hall–Kier alpha value is -4.01. The van der Waals surface area contributed by atoms with Gasteiger partial charge in [-0.3, -0.25) is 4.68 Å². The van der Waals surface area contributed by atoms with Gasteiger partial charge < -0.3 is 15.3 Å². The number of fused-ring (bicyclic) bond motifs is 1. The Morgan fingerprint density at radius 2 is 2.03 bits per heavy atom. The monoisotopic (exact) mass is 413 g/mol. The van der Waals surface area contributed by atoms with E-state index in [-0.39, 0.29) is 5.95 Å². The molecule has 0 aliphatic rings. The van der Waals surface area contributed by atoms with Crippen molar-refractivity contribution in [2.24, 2.45) is 0 Å². The maximum absolute atomic E-state index is 6.03. The van der Waals surface area contributed by atoms with Gasteiger partial charge in [-0.15, -0.1) is 0 Å². The lowest BCUT2D eigenvalue weighted by molar-refractivity contribution is 0.532. The molecule has 0 aromatic carbocycles. The Kier molecular flexibility index (Phi) is 4.70. The molecule has 0 radical (unpaired) electrons. The Labute approximate surface area is 179 Å². The largest absolute Gasteiger partial charge is 0.368 e. The van der Waals surface area contributed by atoms with Crippen LogP contribution >= 0.6 is 0 Å². The average molecular weight is 413 g/mol. The third-order valence-electron chi connectivity index (χ3n) is 5.25. The summed E-state index contributed by atoms with van der Waals surface area (Å²) in [6, 6.07) is 4.40. The summed E-state index contributed by atoms with van der Waals surface area (Å²) in [5.41, 5.74) is 11.5. The lowest BCUT2D eigenvalue weighted by Crippen LogP contribution is -2.04. The molecule has 9 nitrogen and oxygen atoms in total. The molecule has 0 atom stereocenters. The summed E-state index contributed by atoms with van der Waals surface area (Å²) < 4.78 is 3.95. The van der Waals surface area contributed by atoms with E-state index in [2.05, 4.69) is 49.9 Å². The highest BCUT2D eigenvalue weighted by atomic mass is 15.3. The highest BCUT2D eigenvalue weighted by Gasteiger charge is 2.13. The summed E-state index contributed by atoms with van der Waals surface area (Å²) in [5.74, 6) is 0.259. The van der Waals surface area contributed by atoms with Gasteiger partial charge in [-0.1, -0.05) is 0 Å². The van der Waals surface area contributed by atoms with Crippen molar-refractivity contribution in [1.29, 1.82) is 0 Å². The van der Waals surface area contributed by atoms with Crippen LogP contribution in [0.5, 0.6) is 0 Å². The molecule has 5 rings (SSSR count). The van der Waals surface area contributed by atoms with E-state index < -0.39 is 0 Å². The SMILES string of the molecule is CC(C)n1cc(-c2cnc3[nH]cc(-c4cc(CCn5ccnc5)nc(N)n4)c3c2)cn1. The summed E-state index contributed by atoms with van der Waals surface area (Å²) in [4.78, 5) is 20.8. The molecule has 9 heteroatoms. The van der Waals surface area contributed by atoms with Crippen LogP contribution in [0.3, 0.4) is 0 Å². The molecule has 0 bridgehead atoms. The minimum Gasteiger partial charge on any atom is -0.368 e. The van der Waals surface area contributed by atoms with Crippen molar-refractivity contribution in [3.8, 4) is 22.4 Å². The van der Waals surface area contributed by atoms with Crippen LogP contribution in [0.1, 0.15) is 25.6 Å². The number of aryl methyl sites for hydroxylation is 2. The Morgan fingerprint density at radius 3 is 2.81 bits per heavy atom. The quantitative estimate of drug-likeness (QED) is 0.440. The van der Waals surface area contributed by atoms with E-state index in [0.717, 1.165) is 52.1 Å². The van der Waals surface area contributed by atoms with Gasteiger partial charge >= 0.3 is 0 Å². The second kappa shape index (κ2) is 7.67. The third-order valence-corrected chi connectivity index (χ3v) is 5.25. The molecule has 156 valence electrons. The van der Waals surface area contributed by atoms with Crippen LogP contribution in [0, 0.1) is 0 Å². The van der Waals surface area contributed by atoms with Crippen molar-refractivity contribution >= 4 is 17.0 Å². The number of rotatable bonds is 6. The van der Waals surface area contributed by atoms with Gasteiger partial charge in [0.2, 0.25) is 5.95 Å². The zero-order valence-electron chi connectivity index (χ0n) is 17.4. The molecule has 5 heterocycles. The van der Waals surface area contributed by atoms with E-state index >= 15 is 0 Å². The second-order valence-corrected chi connectivity index (χ2v) is 7.78. The minimum absolute atomic E-state index is 0.259. The van der Waals surface area contributed by atoms with Gasteiger partial charge in [0.25, 0.3) is 0 Å². The van der Waals surface area contributed by atoms with Crippen molar-refractivity contribution in [1.82, 2.24) is 39.3 Å². The number of hydrogen-bond donors (Lipinski definition) is 2. The molecule has 3 N–H and O–H groups in total. The lowest BCUT2D eigenvalue weighted by atomic mass is 10.1. The molecule has 31 heavy (non-hydrogen) atoms. The maximum Gasteiger partial charge on any atom is 0.220 e. The maximum atomic E-state index is 6.03. The highest BCUT2D eigenvalue weighted by Crippen LogP contribution is 2.30. The van der Waals surface area contributed by atoms with Crippen molar-refractivity contribution in [3.63, 3.8) is 0 Å². The first-order valence-electron chi connectivity index (χ1n) is 10.2. The number of pyridine rings is 1. The molecule has 0 amide bonds. The van der Waals surface area contributed by atoms with Crippen LogP contribution in [-0.2, 0) is 13.0 Å². The molecule has 0 saturated carbocycles. The average Bonchev–Trinajstić information content (AvgIpc) is 3.52. The summed E-state index contributed by atoms with van der Waals surface area (Å²) in [7, 11) is 0. The molecule has 0 aliphatic carbocycles. The van der Waals surface area contributed by atoms with Crippen LogP contribution in [0.15, 0.2) is 55.6 Å². The topological polar surface area (TPSA) is 116 Å². The first-order chi connectivity index (χ1) is 15.1. The van der Waals surface area contributed by atoms with E-state index in [0.29, 0.717) is 6.04 Å². The number of H-pyrrole nitrogens is 1. The fourth-order valence-corrected chi connectivity index (χ4v) is 3.59. The Bertz CT molecular complexity index is 1330. The summed E-state index contributed by atoms with van der Waals surface area (Å²) in [6.07, 6.45) is 13.9. The number of anilines is 1. The summed E-state index contributed by atoms with van der Waals surface area (Å²) in [5, 5.41) is 5.42. The molecule has 0 unspecified atom stereocenters. The number of nitrogens with one attached hydrogen (secondary N) is 1. The Balaban J connectivity index is 1.50. The molecule has 0 aliphatic heterocycles. The van der Waals surface area contributed by atoms with Gasteiger partial charge in [-0.2, -0.15) is 5.10 Å². The van der Waals surface area contributed by atoms with Crippen LogP contribution < -0.4 is 5.73 Å². The van der Waals surface area contributed by atoms with Gasteiger partial charge in [0.1, 0.15) is 5.65 Å². The van der Waals surface area contributed by atoms with E-state index in [4.69, 9.17) is 5.73 Å². The first kappa shape index (κ1) is 19.0. The number of nitrogens with zero attached hydrogens (tertiary/aromatic N) is 7. The van der Waals surface area contributed by atoms with Gasteiger partial charge in [0.05, 0.1) is 18.2 Å². The van der Waals surface area contributed by atoms with Gasteiger partial charge in [0, 0.05) is 77.8 Å². The number of aromatic amines is 1. The number of aromatic nitrogens is 8. The second-order valence-electron chi connectivity index (χ2n) is 7.78. The fraction of sp³-hybridized carbons (Fsp3) is 0.227. The molecule has 0 saturated heterocycles. The number of imidazole rings is 1. The van der Waals surface area contributed by atoms with Crippen molar-refractivity contribution in [2.75, 3.05) is 5.73 Å². The molecule has 0 spiro atoms. The molecular formula is C22H23N9. The van der Waals surface area contributed by atoms with Crippen LogP contribution in [0.2, 0.25) is 0 Å². The normalized spacial score (nSPS) is 11.6. The van der Waals surface area contributed by atoms with Gasteiger partial charge in [-0.05, 0) is 26.0 Å². The van der Waals surface area contributed by atoms with Crippen LogP contribution in [0.4, 0.5) is 5.95 Å². The van der Waals surface area contributed by atoms with Gasteiger partial charge in [-0.25, -0.2) is 19.9 Å². The van der Waals surface area contributed by atoms with Crippen LogP contribution in [-0.4, -0.2) is 39.3 Å². The predicted molar refractivity (Wildman–Crippen MR) is 119 cm³/mol. The zero-order valence-corrected chi connectivity index (χ0v) is 17.4. The molecule has 5 aromatic rings. The smallest absolute Gasteiger partial charge is 0.220 e. The van der Waals surface area contributed by atoms with E-state index in [9.17, 15) is 0 Å². The number of nitrogen functional groups attached to an aromatic ring is 1. The zero-order chi connectivity index (χ0) is 21.4. The third kappa shape index (κ3) is 3.77. The van der Waals surface area contributed by atoms with Crippen LogP contribution in [0.25, 0.3) is 33.4 Å². The summed E-state index contributed by atoms with van der Waals surface area (Å²) in [6.45, 7) is 4.98. The molecule has 0 fully saturated rings.